The molecule has 2 heterocycles. The smallest absolute Gasteiger partial charge is 0.231 e. The second kappa shape index (κ2) is 6.40. The van der Waals surface area contributed by atoms with Crippen LogP contribution in [0.1, 0.15) is 22.0 Å². The largest absolute Gasteiger partial charge is 0.493 e. The molecule has 1 N–H and O–H groups in total. The monoisotopic (exact) mass is 360 g/mol. The Labute approximate surface area is 148 Å². The van der Waals surface area contributed by atoms with E-state index in [1.54, 1.807) is 18.2 Å². The average Bonchev–Trinajstić information content (AvgIpc) is 3.33. The van der Waals surface area contributed by atoms with Crippen molar-refractivity contribution in [1.82, 2.24) is 0 Å². The molecular weight excluding hydrogens is 344 g/mol. The van der Waals surface area contributed by atoms with Crippen molar-refractivity contribution in [3.05, 3.63) is 41.5 Å². The molecule has 2 aliphatic heterocycles. The number of rotatable bonds is 6. The van der Waals surface area contributed by atoms with Crippen LogP contribution in [0.15, 0.2) is 30.3 Å². The lowest BCUT2D eigenvalue weighted by molar-refractivity contribution is -0.137. The van der Waals surface area contributed by atoms with Gasteiger partial charge in [0.2, 0.25) is 18.3 Å². The predicted octanol–water partition coefficient (Wildman–Crippen LogP) is 2.61. The van der Waals surface area contributed by atoms with E-state index >= 15 is 0 Å². The van der Waals surface area contributed by atoms with Gasteiger partial charge in [-0.25, -0.2) is 5.26 Å². The molecule has 0 bridgehead atoms. The highest BCUT2D eigenvalue weighted by Gasteiger charge is 2.49. The number of hydrogen-bond acceptors (Lipinski definition) is 8. The van der Waals surface area contributed by atoms with Crippen molar-refractivity contribution in [3.8, 4) is 28.7 Å². The Hall–Kier alpha value is -2.97. The Kier molecular flexibility index (Phi) is 4.06. The molecule has 8 heteroatoms. The molecule has 2 aromatic rings. The molecule has 26 heavy (non-hydrogen) atoms. The molecule has 0 radical (unpaired) electrons. The van der Waals surface area contributed by atoms with Crippen LogP contribution in [-0.4, -0.2) is 38.2 Å². The van der Waals surface area contributed by atoms with E-state index in [1.165, 1.54) is 26.4 Å². The number of Topliss-reactive ketones (excluding diaryl/α,β-unsaturated/α-hetero) is 1. The Morgan fingerprint density at radius 2 is 1.85 bits per heavy atom. The summed E-state index contributed by atoms with van der Waals surface area (Å²) >= 11 is 0. The number of carbonyl (C=O) groups excluding carboxylic acids is 1. The first-order valence-corrected chi connectivity index (χ1v) is 7.83. The molecular formula is C18H16O8. The topological polar surface area (TPSA) is 96.0 Å². The molecule has 136 valence electrons. The van der Waals surface area contributed by atoms with Gasteiger partial charge in [-0.15, -0.1) is 0 Å². The number of methoxy groups -OCH3 is 2. The molecule has 8 nitrogen and oxygen atoms in total. The Bertz CT molecular complexity index is 845. The zero-order valence-electron chi connectivity index (χ0n) is 14.1. The SMILES string of the molecule is COc1cc([C@H]2O[C@@H]2C(=O)c2ccc(OO)cc2)c(OC)c2c1OCO2. The third-order valence-electron chi connectivity index (χ3n) is 4.32. The third kappa shape index (κ3) is 2.59. The van der Waals surface area contributed by atoms with E-state index in [0.29, 0.717) is 34.1 Å². The molecule has 0 spiro atoms. The highest BCUT2D eigenvalue weighted by Crippen LogP contribution is 2.55. The van der Waals surface area contributed by atoms with Gasteiger partial charge in [0.15, 0.2) is 29.1 Å². The minimum atomic E-state index is -0.644. The van der Waals surface area contributed by atoms with E-state index in [1.807, 2.05) is 0 Å². The maximum absolute atomic E-state index is 12.6. The van der Waals surface area contributed by atoms with Gasteiger partial charge in [0.25, 0.3) is 0 Å². The number of benzene rings is 2. The number of ether oxygens (including phenoxy) is 5. The lowest BCUT2D eigenvalue weighted by Gasteiger charge is -2.12. The van der Waals surface area contributed by atoms with E-state index < -0.39 is 12.2 Å². The summed E-state index contributed by atoms with van der Waals surface area (Å²) in [5, 5.41) is 8.61. The van der Waals surface area contributed by atoms with E-state index in [-0.39, 0.29) is 18.3 Å². The van der Waals surface area contributed by atoms with E-state index in [0.717, 1.165) is 0 Å². The fourth-order valence-corrected chi connectivity index (χ4v) is 3.00. The molecule has 0 unspecified atom stereocenters. The number of carbonyl (C=O) groups is 1. The van der Waals surface area contributed by atoms with E-state index in [9.17, 15) is 4.79 Å². The summed E-state index contributed by atoms with van der Waals surface area (Å²) in [6.45, 7) is 0.0681. The Morgan fingerprint density at radius 1 is 1.12 bits per heavy atom. The van der Waals surface area contributed by atoms with Gasteiger partial charge >= 0.3 is 0 Å². The van der Waals surface area contributed by atoms with Crippen molar-refractivity contribution in [2.75, 3.05) is 21.0 Å². The lowest BCUT2D eigenvalue weighted by Crippen LogP contribution is -2.08. The minimum Gasteiger partial charge on any atom is -0.493 e. The predicted molar refractivity (Wildman–Crippen MR) is 87.3 cm³/mol. The number of hydrogen-bond donors (Lipinski definition) is 1. The summed E-state index contributed by atoms with van der Waals surface area (Å²) in [6.07, 6.45) is -1.12. The van der Waals surface area contributed by atoms with Gasteiger partial charge in [0.1, 0.15) is 6.10 Å². The minimum absolute atomic E-state index is 0.0681. The quantitative estimate of drug-likeness (QED) is 0.363. The normalized spacial score (nSPS) is 19.8. The second-order valence-electron chi connectivity index (χ2n) is 5.72. The number of epoxide rings is 1. The lowest BCUT2D eigenvalue weighted by atomic mass is 10.0. The third-order valence-corrected chi connectivity index (χ3v) is 4.32. The van der Waals surface area contributed by atoms with Crippen molar-refractivity contribution in [3.63, 3.8) is 0 Å². The first-order valence-electron chi connectivity index (χ1n) is 7.83. The summed E-state index contributed by atoms with van der Waals surface area (Å²) < 4.78 is 27.3. The van der Waals surface area contributed by atoms with Crippen molar-refractivity contribution in [2.24, 2.45) is 0 Å². The second-order valence-corrected chi connectivity index (χ2v) is 5.72. The first kappa shape index (κ1) is 16.5. The number of fused-ring (bicyclic) bond motifs is 1. The van der Waals surface area contributed by atoms with Crippen molar-refractivity contribution in [2.45, 2.75) is 12.2 Å². The standard InChI is InChI=1S/C18H16O8/c1-21-12-7-11(14(22-2)18-16(12)23-8-24-18)15-17(25-15)13(19)9-3-5-10(26-20)6-4-9/h3-7,15,17,20H,8H2,1-2H3/t15-,17-/m1/s1. The molecule has 2 aromatic carbocycles. The molecule has 0 amide bonds. The zero-order chi connectivity index (χ0) is 18.3. The molecule has 0 aliphatic carbocycles. The van der Waals surface area contributed by atoms with Crippen LogP contribution in [0.4, 0.5) is 0 Å². The first-order chi connectivity index (χ1) is 12.7. The van der Waals surface area contributed by atoms with Crippen LogP contribution in [0.2, 0.25) is 0 Å². The van der Waals surface area contributed by atoms with Crippen molar-refractivity contribution >= 4 is 5.78 Å². The summed E-state index contributed by atoms with van der Waals surface area (Å²) in [5.41, 5.74) is 1.10. The van der Waals surface area contributed by atoms with Gasteiger partial charge in [-0.3, -0.25) is 4.79 Å². The highest BCUT2D eigenvalue weighted by atomic mass is 17.1. The van der Waals surface area contributed by atoms with Crippen LogP contribution in [0.5, 0.6) is 28.7 Å². The van der Waals surface area contributed by atoms with Gasteiger partial charge in [-0.05, 0) is 30.3 Å². The van der Waals surface area contributed by atoms with Crippen LogP contribution in [-0.2, 0) is 4.74 Å². The van der Waals surface area contributed by atoms with Gasteiger partial charge in [-0.2, -0.15) is 0 Å². The maximum atomic E-state index is 12.6. The van der Waals surface area contributed by atoms with Crippen LogP contribution >= 0.6 is 0 Å². The summed E-state index contributed by atoms with van der Waals surface area (Å²) in [7, 11) is 3.04. The molecule has 2 atom stereocenters. The molecule has 0 aromatic heterocycles. The van der Waals surface area contributed by atoms with Gasteiger partial charge in [-0.1, -0.05) is 0 Å². The van der Waals surface area contributed by atoms with Crippen molar-refractivity contribution < 1.29 is 38.6 Å². The fraction of sp³-hybridized carbons (Fsp3) is 0.278. The molecule has 2 aliphatic rings. The van der Waals surface area contributed by atoms with Gasteiger partial charge in [0.05, 0.1) is 14.2 Å². The molecule has 0 saturated carbocycles. The highest BCUT2D eigenvalue weighted by molar-refractivity contribution is 6.01. The van der Waals surface area contributed by atoms with Crippen LogP contribution in [0, 0.1) is 0 Å². The van der Waals surface area contributed by atoms with Gasteiger partial charge in [0, 0.05) is 11.1 Å². The van der Waals surface area contributed by atoms with Crippen LogP contribution < -0.4 is 23.8 Å². The number of ketones is 1. The van der Waals surface area contributed by atoms with Crippen LogP contribution in [0.3, 0.4) is 0 Å². The van der Waals surface area contributed by atoms with E-state index in [4.69, 9.17) is 28.9 Å². The average molecular weight is 360 g/mol. The molecule has 1 fully saturated rings. The summed E-state index contributed by atoms with van der Waals surface area (Å²) in [4.78, 5) is 16.7. The Morgan fingerprint density at radius 3 is 2.50 bits per heavy atom. The van der Waals surface area contributed by atoms with Crippen LogP contribution in [0.25, 0.3) is 0 Å². The summed E-state index contributed by atoms with van der Waals surface area (Å²) in [6, 6.07) is 7.84. The molecule has 1 saturated heterocycles. The maximum Gasteiger partial charge on any atom is 0.231 e. The van der Waals surface area contributed by atoms with Gasteiger partial charge < -0.3 is 28.6 Å². The summed E-state index contributed by atoms with van der Waals surface area (Å²) in [5.74, 6) is 1.92. The van der Waals surface area contributed by atoms with Crippen molar-refractivity contribution in [1.29, 1.82) is 0 Å². The zero-order valence-corrected chi connectivity index (χ0v) is 14.1. The van der Waals surface area contributed by atoms with E-state index in [2.05, 4.69) is 4.89 Å². The Balaban J connectivity index is 1.62. The fourth-order valence-electron chi connectivity index (χ4n) is 3.00. The molecule has 4 rings (SSSR count).